The Labute approximate surface area is 124 Å². The van der Waals surface area contributed by atoms with E-state index in [4.69, 9.17) is 9.47 Å². The Morgan fingerprint density at radius 2 is 1.86 bits per heavy atom. The van der Waals surface area contributed by atoms with Gasteiger partial charge in [-0.1, -0.05) is 36.4 Å². The zero-order chi connectivity index (χ0) is 14.5. The van der Waals surface area contributed by atoms with Gasteiger partial charge in [-0.3, -0.25) is 0 Å². The molecule has 0 aliphatic carbocycles. The number of fused-ring (bicyclic) bond motifs is 1. The zero-order valence-electron chi connectivity index (χ0n) is 12.1. The van der Waals surface area contributed by atoms with E-state index in [1.165, 1.54) is 4.90 Å². The SMILES string of the molecule is O[C@H](COc1cccc2ccccc12)C[NH+]1CCOCC1. The summed E-state index contributed by atoms with van der Waals surface area (Å²) in [5.41, 5.74) is 0. The molecule has 3 rings (SSSR count). The molecular weight excluding hydrogens is 266 g/mol. The van der Waals surface area contributed by atoms with E-state index in [9.17, 15) is 5.11 Å². The van der Waals surface area contributed by atoms with Crippen LogP contribution in [0.15, 0.2) is 42.5 Å². The number of hydrogen-bond donors (Lipinski definition) is 2. The molecular formula is C17H22NO3+. The van der Waals surface area contributed by atoms with Crippen LogP contribution in [-0.4, -0.2) is 50.7 Å². The van der Waals surface area contributed by atoms with Crippen molar-refractivity contribution < 1.29 is 19.5 Å². The highest BCUT2D eigenvalue weighted by Gasteiger charge is 2.18. The highest BCUT2D eigenvalue weighted by molar-refractivity contribution is 5.88. The smallest absolute Gasteiger partial charge is 0.137 e. The fourth-order valence-electron chi connectivity index (χ4n) is 2.76. The van der Waals surface area contributed by atoms with Crippen LogP contribution in [0, 0.1) is 0 Å². The van der Waals surface area contributed by atoms with Gasteiger partial charge < -0.3 is 19.5 Å². The van der Waals surface area contributed by atoms with E-state index >= 15 is 0 Å². The maximum atomic E-state index is 10.1. The largest absolute Gasteiger partial charge is 0.490 e. The molecule has 0 radical (unpaired) electrons. The number of aliphatic hydroxyl groups is 1. The van der Waals surface area contributed by atoms with Crippen LogP contribution >= 0.6 is 0 Å². The fraction of sp³-hybridized carbons (Fsp3) is 0.412. The number of quaternary nitrogens is 1. The fourth-order valence-corrected chi connectivity index (χ4v) is 2.76. The van der Waals surface area contributed by atoms with E-state index in [1.54, 1.807) is 0 Å². The summed E-state index contributed by atoms with van der Waals surface area (Å²) in [7, 11) is 0. The molecule has 1 saturated heterocycles. The van der Waals surface area contributed by atoms with Crippen molar-refractivity contribution in [3.8, 4) is 5.75 Å². The summed E-state index contributed by atoms with van der Waals surface area (Å²) in [6.45, 7) is 4.54. The molecule has 0 bridgehead atoms. The molecule has 0 saturated carbocycles. The molecule has 0 aromatic heterocycles. The summed E-state index contributed by atoms with van der Waals surface area (Å²) in [6.07, 6.45) is -0.447. The second-order valence-electron chi connectivity index (χ2n) is 5.51. The molecule has 1 heterocycles. The van der Waals surface area contributed by atoms with E-state index in [0.29, 0.717) is 13.2 Å². The van der Waals surface area contributed by atoms with Gasteiger partial charge in [0.25, 0.3) is 0 Å². The van der Waals surface area contributed by atoms with E-state index < -0.39 is 6.10 Å². The standard InChI is InChI=1S/C17H21NO3/c19-15(12-18-8-10-20-11-9-18)13-21-17-7-3-5-14-4-1-2-6-16(14)17/h1-7,15,19H,8-13H2/p+1/t15-/m0/s1. The summed E-state index contributed by atoms with van der Waals surface area (Å²) in [6, 6.07) is 14.1. The summed E-state index contributed by atoms with van der Waals surface area (Å²) in [5.74, 6) is 0.837. The monoisotopic (exact) mass is 288 g/mol. The van der Waals surface area contributed by atoms with Gasteiger partial charge >= 0.3 is 0 Å². The molecule has 2 N–H and O–H groups in total. The third-order valence-electron chi connectivity index (χ3n) is 3.91. The van der Waals surface area contributed by atoms with Crippen LogP contribution in [0.1, 0.15) is 0 Å². The van der Waals surface area contributed by atoms with Gasteiger partial charge in [-0.25, -0.2) is 0 Å². The molecule has 0 spiro atoms. The number of rotatable bonds is 5. The van der Waals surface area contributed by atoms with E-state index in [0.717, 1.165) is 42.8 Å². The first-order chi connectivity index (χ1) is 10.3. The van der Waals surface area contributed by atoms with E-state index in [1.807, 2.05) is 30.3 Å². The number of nitrogens with one attached hydrogen (secondary N) is 1. The molecule has 2 aromatic rings. The summed E-state index contributed by atoms with van der Waals surface area (Å²) >= 11 is 0. The molecule has 4 heteroatoms. The maximum absolute atomic E-state index is 10.1. The van der Waals surface area contributed by atoms with Gasteiger partial charge in [0.05, 0.1) is 13.2 Å². The maximum Gasteiger partial charge on any atom is 0.137 e. The minimum absolute atomic E-state index is 0.332. The summed E-state index contributed by atoms with van der Waals surface area (Å²) in [5, 5.41) is 12.4. The van der Waals surface area contributed by atoms with Crippen LogP contribution in [-0.2, 0) is 4.74 Å². The number of morpholine rings is 1. The Morgan fingerprint density at radius 1 is 1.10 bits per heavy atom. The normalized spacial score (nSPS) is 17.8. The lowest BCUT2D eigenvalue weighted by molar-refractivity contribution is -0.911. The first-order valence-corrected chi connectivity index (χ1v) is 7.53. The van der Waals surface area contributed by atoms with Crippen molar-refractivity contribution in [2.24, 2.45) is 0 Å². The molecule has 2 aromatic carbocycles. The molecule has 4 nitrogen and oxygen atoms in total. The van der Waals surface area contributed by atoms with E-state index in [2.05, 4.69) is 12.1 Å². The average molecular weight is 288 g/mol. The number of ether oxygens (including phenoxy) is 2. The van der Waals surface area contributed by atoms with Gasteiger partial charge in [0.1, 0.15) is 38.1 Å². The van der Waals surface area contributed by atoms with Gasteiger partial charge in [-0.05, 0) is 11.5 Å². The third kappa shape index (κ3) is 3.73. The Balaban J connectivity index is 1.58. The quantitative estimate of drug-likeness (QED) is 0.842. The van der Waals surface area contributed by atoms with Gasteiger partial charge in [-0.15, -0.1) is 0 Å². The Bertz CT molecular complexity index is 576. The minimum Gasteiger partial charge on any atom is -0.490 e. The van der Waals surface area contributed by atoms with Crippen LogP contribution in [0.5, 0.6) is 5.75 Å². The van der Waals surface area contributed by atoms with Gasteiger partial charge in [0, 0.05) is 5.39 Å². The number of aliphatic hydroxyl groups excluding tert-OH is 1. The summed E-state index contributed by atoms with van der Waals surface area (Å²) < 4.78 is 11.2. The second-order valence-corrected chi connectivity index (χ2v) is 5.51. The highest BCUT2D eigenvalue weighted by Crippen LogP contribution is 2.25. The Morgan fingerprint density at radius 3 is 2.71 bits per heavy atom. The first-order valence-electron chi connectivity index (χ1n) is 7.53. The predicted octanol–water partition coefficient (Wildman–Crippen LogP) is 0.495. The van der Waals surface area contributed by atoms with Crippen LogP contribution in [0.25, 0.3) is 10.8 Å². The molecule has 21 heavy (non-hydrogen) atoms. The Kier molecular flexibility index (Phi) is 4.70. The topological polar surface area (TPSA) is 43.1 Å². The number of benzene rings is 2. The minimum atomic E-state index is -0.447. The van der Waals surface area contributed by atoms with Crippen molar-refractivity contribution in [2.75, 3.05) is 39.5 Å². The van der Waals surface area contributed by atoms with Gasteiger partial charge in [0.2, 0.25) is 0 Å². The van der Waals surface area contributed by atoms with E-state index in [-0.39, 0.29) is 0 Å². The molecule has 0 unspecified atom stereocenters. The molecule has 1 aliphatic heterocycles. The average Bonchev–Trinajstić information content (AvgIpc) is 2.54. The lowest BCUT2D eigenvalue weighted by Crippen LogP contribution is -3.15. The highest BCUT2D eigenvalue weighted by atomic mass is 16.5. The van der Waals surface area contributed by atoms with Crippen LogP contribution in [0.2, 0.25) is 0 Å². The van der Waals surface area contributed by atoms with Crippen molar-refractivity contribution in [1.82, 2.24) is 0 Å². The van der Waals surface area contributed by atoms with Gasteiger partial charge in [0.15, 0.2) is 0 Å². The lowest BCUT2D eigenvalue weighted by Gasteiger charge is -2.25. The van der Waals surface area contributed by atoms with Crippen molar-refractivity contribution in [3.05, 3.63) is 42.5 Å². The van der Waals surface area contributed by atoms with Crippen LogP contribution in [0.4, 0.5) is 0 Å². The summed E-state index contributed by atoms with van der Waals surface area (Å²) in [4.78, 5) is 1.38. The lowest BCUT2D eigenvalue weighted by atomic mass is 10.1. The van der Waals surface area contributed by atoms with Gasteiger partial charge in [-0.2, -0.15) is 0 Å². The third-order valence-corrected chi connectivity index (χ3v) is 3.91. The molecule has 1 fully saturated rings. The van der Waals surface area contributed by atoms with Crippen LogP contribution in [0.3, 0.4) is 0 Å². The molecule has 1 aliphatic rings. The van der Waals surface area contributed by atoms with Crippen molar-refractivity contribution in [2.45, 2.75) is 6.10 Å². The zero-order valence-corrected chi connectivity index (χ0v) is 12.1. The first kappa shape index (κ1) is 14.3. The predicted molar refractivity (Wildman–Crippen MR) is 81.8 cm³/mol. The molecule has 0 amide bonds. The van der Waals surface area contributed by atoms with Crippen LogP contribution < -0.4 is 9.64 Å². The Hall–Kier alpha value is -1.62. The number of hydrogen-bond acceptors (Lipinski definition) is 3. The van der Waals surface area contributed by atoms with Crippen molar-refractivity contribution in [1.29, 1.82) is 0 Å². The molecule has 112 valence electrons. The van der Waals surface area contributed by atoms with Crippen molar-refractivity contribution in [3.63, 3.8) is 0 Å². The second kappa shape index (κ2) is 6.89. The van der Waals surface area contributed by atoms with Crippen molar-refractivity contribution >= 4 is 10.8 Å². The molecule has 1 atom stereocenters.